The van der Waals surface area contributed by atoms with Crippen LogP contribution in [-0.2, 0) is 24.5 Å². The SMILES string of the molecule is CCOC(=O)CC[N+]1(C)CCCCCC1.C[N+]1(CC#N)CCCCCC1.C[N+]1(CCC#N)CCCCCC1.C[N+]1(CCCC#N)CCCCCC1.C[N+]12CCC(CC1)C(=O)C2.C[N+]12CCC(CC1)C(O)(C#N)C2.C[N+]12CCC(CC1)C(O)C2.C[N+]12CCC(CC1)C(OC(=O)c1ccccc1)C2.C[N+]12CCC(CC1)CC2.C[N+]12CCC(c3ccccc3)(CC1)CC2.[C-]#[N+]C12CC[N+](C)(CC1)CC2. The summed E-state index contributed by atoms with van der Waals surface area (Å²) in [7, 11) is 25.2. The summed E-state index contributed by atoms with van der Waals surface area (Å²) in [6.07, 6.45) is 46.3. The number of fused-ring (bicyclic) bond motifs is 21. The normalized spacial score (nSPS) is 36.3. The molecule has 2 N–H and O–H groups in total. The third-order valence-corrected chi connectivity index (χ3v) is 37.8. The molecule has 25 aliphatic heterocycles. The molecule has 136 heavy (non-hydrogen) atoms. The first-order chi connectivity index (χ1) is 64.8. The molecule has 0 amide bonds. The van der Waals surface area contributed by atoms with E-state index in [0.29, 0.717) is 60.6 Å². The molecule has 3 unspecified atom stereocenters. The molecule has 0 saturated carbocycles. The Balaban J connectivity index is 0.000000155. The molecule has 760 valence electrons. The first-order valence-corrected chi connectivity index (χ1v) is 55.3. The molecule has 27 rings (SSSR count). The van der Waals surface area contributed by atoms with Gasteiger partial charge in [0.1, 0.15) is 44.4 Å². The van der Waals surface area contributed by atoms with Gasteiger partial charge < -0.3 is 73.8 Å². The van der Waals surface area contributed by atoms with Crippen molar-refractivity contribution in [2.75, 3.05) is 300 Å². The number of likely N-dealkylation sites (N-methyl/N-ethyl adjacent to an activating group) is 4. The molecule has 25 saturated heterocycles. The van der Waals surface area contributed by atoms with Crippen LogP contribution in [0.4, 0.5) is 0 Å². The number of hydrogen-bond acceptors (Lipinski definition) is 11. The van der Waals surface area contributed by atoms with Gasteiger partial charge in [-0.15, -0.1) is 0 Å². The van der Waals surface area contributed by atoms with Gasteiger partial charge in [-0.25, -0.2) is 11.4 Å². The molecular weight excluding hydrogens is 1690 g/mol. The number of nitrogens with zero attached hydrogens (tertiary/aromatic N) is 16. The highest BCUT2D eigenvalue weighted by Gasteiger charge is 2.55. The summed E-state index contributed by atoms with van der Waals surface area (Å²) in [5.74, 6) is 3.33. The lowest BCUT2D eigenvalue weighted by atomic mass is 9.67. The predicted octanol–water partition coefficient (Wildman–Crippen LogP) is 15.7. The van der Waals surface area contributed by atoms with Crippen molar-refractivity contribution in [3.05, 3.63) is 83.2 Å². The Morgan fingerprint density at radius 1 is 0.441 bits per heavy atom. The van der Waals surface area contributed by atoms with Crippen molar-refractivity contribution in [2.24, 2.45) is 29.6 Å². The van der Waals surface area contributed by atoms with Gasteiger partial charge in [0.2, 0.25) is 11.1 Å². The molecule has 23 heteroatoms. The van der Waals surface area contributed by atoms with Crippen LogP contribution in [0, 0.1) is 81.5 Å². The fourth-order valence-corrected chi connectivity index (χ4v) is 26.7. The van der Waals surface area contributed by atoms with E-state index in [9.17, 15) is 24.6 Å². The predicted molar refractivity (Wildman–Crippen MR) is 545 cm³/mol. The topological polar surface area (TPSA) is 210 Å². The van der Waals surface area contributed by atoms with E-state index in [1.807, 2.05) is 37.3 Å². The minimum absolute atomic E-state index is 0.00694. The van der Waals surface area contributed by atoms with Gasteiger partial charge in [0, 0.05) is 113 Å². The second kappa shape index (κ2) is 51.8. The maximum absolute atomic E-state index is 12.1. The average molecular weight is 1890 g/mol. The zero-order valence-electron chi connectivity index (χ0n) is 88.6. The maximum atomic E-state index is 12.1. The molecule has 25 heterocycles. The summed E-state index contributed by atoms with van der Waals surface area (Å²) in [4.78, 5) is 38.4. The Morgan fingerprint density at radius 3 is 1.21 bits per heavy atom. The van der Waals surface area contributed by atoms with E-state index in [1.54, 1.807) is 5.56 Å². The van der Waals surface area contributed by atoms with Crippen molar-refractivity contribution >= 4 is 17.7 Å². The van der Waals surface area contributed by atoms with E-state index in [2.05, 4.69) is 137 Å². The van der Waals surface area contributed by atoms with E-state index in [0.717, 1.165) is 147 Å². The third-order valence-electron chi connectivity index (χ3n) is 37.8. The van der Waals surface area contributed by atoms with Crippen LogP contribution in [-0.4, -0.2) is 401 Å². The number of nitriles is 4. The van der Waals surface area contributed by atoms with Gasteiger partial charge in [-0.2, -0.15) is 21.0 Å². The number of ketones is 1. The quantitative estimate of drug-likeness (QED) is 0.0481. The van der Waals surface area contributed by atoms with Crippen LogP contribution in [0.25, 0.3) is 4.85 Å². The Hall–Kier alpha value is -6.02. The van der Waals surface area contributed by atoms with Crippen molar-refractivity contribution in [1.82, 2.24) is 0 Å². The van der Waals surface area contributed by atoms with E-state index >= 15 is 0 Å². The van der Waals surface area contributed by atoms with Crippen LogP contribution in [0.1, 0.15) is 260 Å². The minimum Gasteiger partial charge on any atom is -0.466 e. The fraction of sp³-hybridized carbons (Fsp3) is 0.823. The molecular formula is C113H197N16O7+11. The highest BCUT2D eigenvalue weighted by atomic mass is 16.5. The Labute approximate surface area is 827 Å². The van der Waals surface area contributed by atoms with Gasteiger partial charge in [0.15, 0.2) is 18.4 Å². The number of carbonyl (C=O) groups excluding carboxylic acids is 3. The van der Waals surface area contributed by atoms with Crippen molar-refractivity contribution in [1.29, 1.82) is 21.0 Å². The van der Waals surface area contributed by atoms with Crippen LogP contribution in [0.5, 0.6) is 0 Å². The second-order valence-electron chi connectivity index (χ2n) is 49.8. The van der Waals surface area contributed by atoms with Crippen LogP contribution >= 0.6 is 0 Å². The van der Waals surface area contributed by atoms with Gasteiger partial charge >= 0.3 is 11.9 Å². The lowest BCUT2D eigenvalue weighted by Crippen LogP contribution is -2.66. The van der Waals surface area contributed by atoms with Crippen LogP contribution in [0.15, 0.2) is 60.7 Å². The molecule has 0 aliphatic carbocycles. The van der Waals surface area contributed by atoms with E-state index in [4.69, 9.17) is 37.1 Å². The molecule has 3 atom stereocenters. The summed E-state index contributed by atoms with van der Waals surface area (Å²) in [6.45, 7) is 49.0. The largest absolute Gasteiger partial charge is 0.466 e. The fourth-order valence-electron chi connectivity index (χ4n) is 26.7. The number of likely N-dealkylation sites (tertiary alicyclic amines) is 4. The van der Waals surface area contributed by atoms with Gasteiger partial charge in [0.05, 0.1) is 317 Å². The van der Waals surface area contributed by atoms with Gasteiger partial charge in [-0.1, -0.05) is 48.5 Å². The zero-order valence-corrected chi connectivity index (χ0v) is 88.6. The standard InChI is InChI=1S/C15H20NO2.C14H20N.C12H24NO2.C11H21N2.C10H19N2.C9H15N2O.C9H15N2.C9H17N2.C8H16NO.C8H14NO.C8H16N/c1-16-9-7-12(8-10-16)14(11-16)18-15(17)13-5-3-2-4-6-13;1-15-10-7-14(8-11-15,9-12-15)13-5-3-2-4-6-13;1-3-15-12(14)8-11-13(2)9-6-4-5-7-10-13;1-13(11-7-4-8-12)9-5-2-3-6-10-13;1-12(10-6-7-11)8-4-2-3-5-9-12;1-11-4-2-8(3-5-11)9(12,6-10)7-11;1-10-9-3-6-11(2,7-4-9)8-5-9;1-11(9-6-10)7-4-2-3-5-8-11;2*1-9-4-2-7(3-5-9)8(10)6-9;1-9-5-2-8(3-6-9)4-7-9/h2-6,12,14H,7-11H2,1H3;2-6H,7-12H2,1H3;3-11H2,1-2H3;2-7,9-11H2,1H3;2-6,8-10H2,1H3;8,12H,2-5,7H2,1H3;3-8H2,2H3;2-5,7-9H2,1H3;7-8,10H,2-6H2,1H3;7H,2-6H2,1H3;8H,2-7H2,1H3/q11*+1. The number of hydrogen-bond donors (Lipinski definition) is 2. The van der Waals surface area contributed by atoms with Crippen molar-refractivity contribution in [2.45, 2.75) is 273 Å². The van der Waals surface area contributed by atoms with E-state index < -0.39 is 5.60 Å². The summed E-state index contributed by atoms with van der Waals surface area (Å²) in [6, 6.07) is 29.3. The average Bonchev–Trinajstić information content (AvgIpc) is 1.01. The summed E-state index contributed by atoms with van der Waals surface area (Å²) in [5.41, 5.74) is 1.85. The van der Waals surface area contributed by atoms with E-state index in [1.165, 1.54) is 342 Å². The molecule has 0 radical (unpaired) electrons. The molecule has 2 aromatic rings. The van der Waals surface area contributed by atoms with Crippen molar-refractivity contribution in [3.63, 3.8) is 0 Å². The molecule has 2 aromatic carbocycles. The number of quaternary nitrogens is 11. The molecule has 25 aliphatic rings. The van der Waals surface area contributed by atoms with E-state index in [-0.39, 0.29) is 35.6 Å². The Morgan fingerprint density at radius 2 is 0.846 bits per heavy atom. The van der Waals surface area contributed by atoms with Crippen LogP contribution in [0.3, 0.4) is 0 Å². The van der Waals surface area contributed by atoms with Crippen LogP contribution < -0.4 is 0 Å². The summed E-state index contributed by atoms with van der Waals surface area (Å²) < 4.78 is 23.1. The maximum Gasteiger partial charge on any atom is 0.338 e. The Kier molecular flexibility index (Phi) is 42.6. The number of unbranched alkanes of at least 4 members (excludes halogenated alkanes) is 1. The number of Topliss-reactive ketones (excluding diaryl/α,β-unsaturated/α-hetero) is 1. The number of aliphatic hydroxyl groups excluding tert-OH is 1. The third kappa shape index (κ3) is 34.4. The highest BCUT2D eigenvalue weighted by Crippen LogP contribution is 2.46. The lowest BCUT2D eigenvalue weighted by Gasteiger charge is -2.53. The van der Waals surface area contributed by atoms with Crippen molar-refractivity contribution < 1.29 is 83.4 Å². The van der Waals surface area contributed by atoms with Gasteiger partial charge in [-0.3, -0.25) is 9.59 Å². The molecule has 0 aromatic heterocycles. The molecule has 14 bridgehead atoms. The highest BCUT2D eigenvalue weighted by molar-refractivity contribution is 5.89. The lowest BCUT2D eigenvalue weighted by molar-refractivity contribution is -0.931. The number of benzene rings is 2. The molecule has 25 fully saturated rings. The second-order valence-corrected chi connectivity index (χ2v) is 49.8. The number of aliphatic hydroxyl groups is 2. The number of carbonyl (C=O) groups is 3. The first-order valence-electron chi connectivity index (χ1n) is 55.3. The minimum atomic E-state index is -1.02. The molecule has 23 nitrogen and oxygen atoms in total. The smallest absolute Gasteiger partial charge is 0.338 e. The number of rotatable bonds is 13. The Bertz CT molecular complexity index is 4070. The monoisotopic (exact) mass is 1890 g/mol. The van der Waals surface area contributed by atoms with Crippen LogP contribution in [0.2, 0.25) is 0 Å². The number of esters is 2. The van der Waals surface area contributed by atoms with Crippen molar-refractivity contribution in [3.8, 4) is 24.3 Å². The zero-order chi connectivity index (χ0) is 98.2. The number of ether oxygens (including phenoxy) is 2. The first kappa shape index (κ1) is 112. The summed E-state index contributed by atoms with van der Waals surface area (Å²) >= 11 is 0. The number of piperidine rings is 21. The van der Waals surface area contributed by atoms with Gasteiger partial charge in [0.25, 0.3) is 0 Å². The summed E-state index contributed by atoms with van der Waals surface area (Å²) in [5, 5.41) is 54.0. The van der Waals surface area contributed by atoms with Gasteiger partial charge in [-0.05, 0) is 153 Å². The molecule has 0 spiro atoms.